The van der Waals surface area contributed by atoms with Gasteiger partial charge in [-0.1, -0.05) is 18.3 Å². The van der Waals surface area contributed by atoms with Crippen molar-refractivity contribution >= 4 is 17.6 Å². The van der Waals surface area contributed by atoms with Crippen molar-refractivity contribution in [3.05, 3.63) is 17.4 Å². The van der Waals surface area contributed by atoms with Crippen LogP contribution in [-0.2, 0) is 4.74 Å². The number of nitrogens with zero attached hydrogens (tertiary/aromatic N) is 3. The minimum absolute atomic E-state index is 0.388. The normalized spacial score (nSPS) is 30.8. The summed E-state index contributed by atoms with van der Waals surface area (Å²) in [5.74, 6) is 1.43. The number of anilines is 1. The summed E-state index contributed by atoms with van der Waals surface area (Å²) in [6.07, 6.45) is -4.11. The molecule has 0 bridgehead atoms. The van der Waals surface area contributed by atoms with E-state index in [0.717, 1.165) is 0 Å². The highest BCUT2D eigenvalue weighted by molar-refractivity contribution is 8.03. The van der Waals surface area contributed by atoms with E-state index in [-0.39, 0.29) is 6.61 Å². The fourth-order valence-corrected chi connectivity index (χ4v) is 3.53. The summed E-state index contributed by atoms with van der Waals surface area (Å²) in [5, 5.41) is 29.9. The van der Waals surface area contributed by atoms with Crippen LogP contribution in [0.2, 0.25) is 0 Å². The zero-order valence-corrected chi connectivity index (χ0v) is 12.9. The van der Waals surface area contributed by atoms with Crippen LogP contribution in [0.15, 0.2) is 16.5 Å². The molecule has 9 heteroatoms. The quantitative estimate of drug-likeness (QED) is 0.684. The number of aryl methyl sites for hydroxylation is 1. The van der Waals surface area contributed by atoms with E-state index in [0.29, 0.717) is 27.4 Å². The van der Waals surface area contributed by atoms with Gasteiger partial charge in [0.15, 0.2) is 12.0 Å². The lowest BCUT2D eigenvalue weighted by Crippen LogP contribution is -2.42. The smallest absolute Gasteiger partial charge is 0.233 e. The number of ether oxygens (including phenoxy) is 2. The monoisotopic (exact) mass is 327 g/mol. The fraction of sp³-hybridized carbons (Fsp3) is 0.538. The Morgan fingerprint density at radius 2 is 2.09 bits per heavy atom. The maximum absolute atomic E-state index is 10.2. The number of aliphatic hydroxyl groups excluding tert-OH is 3. The minimum Gasteiger partial charge on any atom is -0.480 e. The Kier molecular flexibility index (Phi) is 4.00. The van der Waals surface area contributed by atoms with E-state index in [4.69, 9.17) is 9.47 Å². The number of rotatable bonds is 3. The van der Waals surface area contributed by atoms with E-state index in [1.807, 2.05) is 0 Å². The first-order valence-corrected chi connectivity index (χ1v) is 7.50. The predicted octanol–water partition coefficient (Wildman–Crippen LogP) is -0.384. The minimum atomic E-state index is -1.19. The van der Waals surface area contributed by atoms with Gasteiger partial charge in [0, 0.05) is 0 Å². The Balaban J connectivity index is 2.01. The lowest BCUT2D eigenvalue weighted by molar-refractivity contribution is -0.0205. The van der Waals surface area contributed by atoms with Crippen LogP contribution in [-0.4, -0.2) is 63.5 Å². The Morgan fingerprint density at radius 1 is 1.36 bits per heavy atom. The molecular formula is C13H17N3O5S. The largest absolute Gasteiger partial charge is 0.480 e. The summed E-state index contributed by atoms with van der Waals surface area (Å²) in [6, 6.07) is 0. The second-order valence-electron chi connectivity index (χ2n) is 5.03. The Bertz CT molecular complexity index is 614. The third-order valence-electron chi connectivity index (χ3n) is 3.61. The summed E-state index contributed by atoms with van der Waals surface area (Å²) in [6.45, 7) is 5.28. The van der Waals surface area contributed by atoms with Crippen LogP contribution in [0.5, 0.6) is 5.88 Å². The van der Waals surface area contributed by atoms with Gasteiger partial charge in [-0.3, -0.25) is 4.90 Å². The lowest BCUT2D eigenvalue weighted by atomic mass is 10.1. The molecular weight excluding hydrogens is 310 g/mol. The van der Waals surface area contributed by atoms with E-state index >= 15 is 0 Å². The van der Waals surface area contributed by atoms with Gasteiger partial charge in [-0.15, -0.1) is 0 Å². The second-order valence-corrected chi connectivity index (χ2v) is 6.11. The Labute approximate surface area is 131 Å². The van der Waals surface area contributed by atoms with E-state index in [1.165, 1.54) is 18.9 Å². The average molecular weight is 327 g/mol. The molecule has 1 aromatic heterocycles. The van der Waals surface area contributed by atoms with Crippen molar-refractivity contribution in [3.8, 4) is 5.88 Å². The Morgan fingerprint density at radius 3 is 2.68 bits per heavy atom. The van der Waals surface area contributed by atoms with Crippen LogP contribution >= 0.6 is 11.8 Å². The standard InChI is InChI=1S/C13H17N3O5S/c1-5-14-11-10(12(15-5)20-3)22-6(2)16(11)13-9(19)8(18)7(4-17)21-13/h7-9,13,17-19H,2,4H2,1,3H3/t7-,8-,9-,13-/m1/s1. The predicted molar refractivity (Wildman–Crippen MR) is 78.6 cm³/mol. The lowest BCUT2D eigenvalue weighted by Gasteiger charge is -2.27. The third kappa shape index (κ3) is 2.25. The molecule has 8 nitrogen and oxygen atoms in total. The molecule has 2 aliphatic heterocycles. The molecule has 0 amide bonds. The number of methoxy groups -OCH3 is 1. The molecule has 0 spiro atoms. The molecule has 3 heterocycles. The van der Waals surface area contributed by atoms with Crippen molar-refractivity contribution in [1.29, 1.82) is 0 Å². The summed E-state index contributed by atoms with van der Waals surface area (Å²) in [7, 11) is 1.51. The van der Waals surface area contributed by atoms with Crippen LogP contribution in [0.3, 0.4) is 0 Å². The van der Waals surface area contributed by atoms with Crippen molar-refractivity contribution in [2.75, 3.05) is 18.6 Å². The highest BCUT2D eigenvalue weighted by atomic mass is 32.2. The number of hydrogen-bond acceptors (Lipinski definition) is 9. The third-order valence-corrected chi connectivity index (χ3v) is 4.60. The molecule has 1 fully saturated rings. The highest BCUT2D eigenvalue weighted by Gasteiger charge is 2.49. The van der Waals surface area contributed by atoms with Gasteiger partial charge < -0.3 is 24.8 Å². The first kappa shape index (κ1) is 15.5. The van der Waals surface area contributed by atoms with E-state index in [2.05, 4.69) is 16.5 Å². The van der Waals surface area contributed by atoms with Crippen LogP contribution < -0.4 is 9.64 Å². The van der Waals surface area contributed by atoms with Gasteiger partial charge in [-0.05, 0) is 6.92 Å². The molecule has 3 N–H and O–H groups in total. The van der Waals surface area contributed by atoms with Crippen LogP contribution in [0.4, 0.5) is 5.82 Å². The molecule has 4 atom stereocenters. The number of aromatic nitrogens is 2. The number of hydrogen-bond donors (Lipinski definition) is 3. The molecule has 120 valence electrons. The molecule has 0 aromatic carbocycles. The maximum Gasteiger partial charge on any atom is 0.233 e. The van der Waals surface area contributed by atoms with Crippen molar-refractivity contribution in [2.24, 2.45) is 0 Å². The van der Waals surface area contributed by atoms with Crippen molar-refractivity contribution in [3.63, 3.8) is 0 Å². The molecule has 2 aliphatic rings. The van der Waals surface area contributed by atoms with E-state index in [1.54, 1.807) is 11.8 Å². The topological polar surface area (TPSA) is 108 Å². The average Bonchev–Trinajstić information content (AvgIpc) is 2.96. The molecule has 3 rings (SSSR count). The molecule has 0 unspecified atom stereocenters. The molecule has 22 heavy (non-hydrogen) atoms. The van der Waals surface area contributed by atoms with Gasteiger partial charge in [0.1, 0.15) is 29.0 Å². The summed E-state index contributed by atoms with van der Waals surface area (Å²) in [5.41, 5.74) is 0. The van der Waals surface area contributed by atoms with Crippen LogP contribution in [0, 0.1) is 6.92 Å². The summed E-state index contributed by atoms with van der Waals surface area (Å²) in [4.78, 5) is 10.9. The van der Waals surface area contributed by atoms with Crippen molar-refractivity contribution in [2.45, 2.75) is 36.4 Å². The van der Waals surface area contributed by atoms with Crippen LogP contribution in [0.1, 0.15) is 5.82 Å². The zero-order valence-electron chi connectivity index (χ0n) is 12.1. The van der Waals surface area contributed by atoms with Crippen LogP contribution in [0.25, 0.3) is 0 Å². The fourth-order valence-electron chi connectivity index (χ4n) is 2.55. The SMILES string of the molecule is C=C1Sc2c(OC)nc(C)nc2N1[C@@H]1O[C@H](CO)[C@@H](O)[C@H]1O. The van der Waals surface area contributed by atoms with Gasteiger partial charge in [-0.2, -0.15) is 4.98 Å². The van der Waals surface area contributed by atoms with Gasteiger partial charge in [0.2, 0.25) is 5.88 Å². The molecule has 0 radical (unpaired) electrons. The Hall–Kier alpha value is -1.39. The van der Waals surface area contributed by atoms with Crippen molar-refractivity contribution < 1.29 is 24.8 Å². The summed E-state index contributed by atoms with van der Waals surface area (Å²) < 4.78 is 10.8. The van der Waals surface area contributed by atoms with E-state index < -0.39 is 24.5 Å². The number of fused-ring (bicyclic) bond motifs is 1. The second kappa shape index (κ2) is 5.67. The maximum atomic E-state index is 10.2. The molecule has 0 saturated carbocycles. The number of thioether (sulfide) groups is 1. The molecule has 0 aliphatic carbocycles. The number of aliphatic hydroxyl groups is 3. The molecule has 1 aromatic rings. The first-order valence-electron chi connectivity index (χ1n) is 6.69. The first-order chi connectivity index (χ1) is 10.5. The summed E-state index contributed by atoms with van der Waals surface area (Å²) >= 11 is 1.30. The van der Waals surface area contributed by atoms with Crippen molar-refractivity contribution in [1.82, 2.24) is 9.97 Å². The van der Waals surface area contributed by atoms with Gasteiger partial charge in [0.05, 0.1) is 18.7 Å². The zero-order chi connectivity index (χ0) is 16.0. The van der Waals surface area contributed by atoms with Gasteiger partial charge in [0.25, 0.3) is 0 Å². The van der Waals surface area contributed by atoms with E-state index in [9.17, 15) is 15.3 Å². The highest BCUT2D eigenvalue weighted by Crippen LogP contribution is 2.50. The van der Waals surface area contributed by atoms with Gasteiger partial charge >= 0.3 is 0 Å². The van der Waals surface area contributed by atoms with Gasteiger partial charge in [-0.25, -0.2) is 4.98 Å². The molecule has 1 saturated heterocycles.